The Hall–Kier alpha value is -2.20. The molecule has 2 N–H and O–H groups in total. The Labute approximate surface area is 254 Å². The molecular formula is C32H39LiN2O4S. The van der Waals surface area contributed by atoms with Crippen molar-refractivity contribution in [2.24, 2.45) is 17.8 Å². The Morgan fingerprint density at radius 3 is 2.25 bits per heavy atom. The maximum absolute atomic E-state index is 13.3. The van der Waals surface area contributed by atoms with Gasteiger partial charge in [0.2, 0.25) is 5.91 Å². The molecule has 2 aromatic rings. The standard InChI is InChI=1S/C32H40N2O4S.Li/c1-20-5-3-4-6-25(20)27-16-21(7-9-26(27)30(36)33-28(31(37)38)11-12-39-2)8-10-29(35)34-32-17-22-13-23(18-32)15-24(14-22)19-32;/h3-7,9,16,22-24,28H,8,10-15,17-19H2,1-2H3,(H,33,36)(H,34,35)(H,37,38);/q;+1/p-1. The van der Waals surface area contributed by atoms with Gasteiger partial charge in [-0.3, -0.25) is 9.59 Å². The molecule has 0 heterocycles. The van der Waals surface area contributed by atoms with Gasteiger partial charge in [0.25, 0.3) is 5.91 Å². The van der Waals surface area contributed by atoms with Gasteiger partial charge in [0.15, 0.2) is 0 Å². The number of hydrogen-bond acceptors (Lipinski definition) is 5. The monoisotopic (exact) mass is 554 g/mol. The zero-order valence-electron chi connectivity index (χ0n) is 24.0. The van der Waals surface area contributed by atoms with E-state index < -0.39 is 17.9 Å². The summed E-state index contributed by atoms with van der Waals surface area (Å²) in [4.78, 5) is 38.0. The number of aliphatic carboxylic acids is 1. The molecule has 0 saturated heterocycles. The molecule has 6 nitrogen and oxygen atoms in total. The third-order valence-electron chi connectivity index (χ3n) is 9.05. The van der Waals surface area contributed by atoms with Gasteiger partial charge in [-0.1, -0.05) is 36.4 Å². The van der Waals surface area contributed by atoms with Crippen LogP contribution in [0.1, 0.15) is 72.9 Å². The number of benzene rings is 2. The van der Waals surface area contributed by atoms with Gasteiger partial charge in [0.05, 0.1) is 12.0 Å². The summed E-state index contributed by atoms with van der Waals surface area (Å²) in [6.45, 7) is 1.99. The van der Waals surface area contributed by atoms with E-state index in [0.29, 0.717) is 30.6 Å². The number of carboxylic acids is 1. The molecule has 40 heavy (non-hydrogen) atoms. The second kappa shape index (κ2) is 13.2. The number of hydrogen-bond donors (Lipinski definition) is 2. The van der Waals surface area contributed by atoms with E-state index in [1.807, 2.05) is 49.6 Å². The maximum atomic E-state index is 13.3. The molecule has 6 rings (SSSR count). The molecular weight excluding hydrogens is 515 g/mol. The minimum Gasteiger partial charge on any atom is -0.548 e. The van der Waals surface area contributed by atoms with E-state index in [-0.39, 0.29) is 30.3 Å². The minimum absolute atomic E-state index is 0. The average Bonchev–Trinajstić information content (AvgIpc) is 2.88. The van der Waals surface area contributed by atoms with E-state index in [4.69, 9.17) is 0 Å². The van der Waals surface area contributed by atoms with Gasteiger partial charge in [-0.05, 0) is 116 Å². The van der Waals surface area contributed by atoms with E-state index in [9.17, 15) is 19.5 Å². The van der Waals surface area contributed by atoms with Gasteiger partial charge in [0, 0.05) is 17.5 Å². The van der Waals surface area contributed by atoms with Crippen LogP contribution in [0.4, 0.5) is 0 Å². The van der Waals surface area contributed by atoms with Crippen LogP contribution in [0, 0.1) is 24.7 Å². The predicted octanol–water partition coefficient (Wildman–Crippen LogP) is 1.29. The largest absolute Gasteiger partial charge is 1.00 e. The fourth-order valence-electron chi connectivity index (χ4n) is 7.64. The van der Waals surface area contributed by atoms with Crippen molar-refractivity contribution in [3.8, 4) is 11.1 Å². The van der Waals surface area contributed by atoms with E-state index in [1.165, 1.54) is 31.0 Å². The predicted molar refractivity (Wildman–Crippen MR) is 153 cm³/mol. The van der Waals surface area contributed by atoms with Crippen LogP contribution >= 0.6 is 11.8 Å². The van der Waals surface area contributed by atoms with Crippen molar-refractivity contribution in [3.63, 3.8) is 0 Å². The number of aryl methyl sites for hydroxylation is 2. The molecule has 208 valence electrons. The van der Waals surface area contributed by atoms with Gasteiger partial charge < -0.3 is 20.5 Å². The first-order valence-electron chi connectivity index (χ1n) is 14.3. The normalized spacial score (nSPS) is 25.1. The van der Waals surface area contributed by atoms with E-state index in [0.717, 1.165) is 59.3 Å². The number of carbonyl (C=O) groups is 3. The minimum atomic E-state index is -1.28. The van der Waals surface area contributed by atoms with E-state index in [2.05, 4.69) is 10.6 Å². The summed E-state index contributed by atoms with van der Waals surface area (Å²) >= 11 is 1.52. The third-order valence-corrected chi connectivity index (χ3v) is 9.69. The van der Waals surface area contributed by atoms with Crippen molar-refractivity contribution in [3.05, 3.63) is 59.2 Å². The molecule has 0 aromatic heterocycles. The molecule has 4 fully saturated rings. The van der Waals surface area contributed by atoms with Crippen molar-refractivity contribution in [1.82, 2.24) is 10.6 Å². The van der Waals surface area contributed by atoms with E-state index in [1.54, 1.807) is 6.07 Å². The van der Waals surface area contributed by atoms with Crippen LogP contribution in [-0.2, 0) is 16.0 Å². The molecule has 2 aromatic carbocycles. The second-order valence-corrected chi connectivity index (χ2v) is 13.1. The topological polar surface area (TPSA) is 98.3 Å². The van der Waals surface area contributed by atoms with Crippen molar-refractivity contribution in [1.29, 1.82) is 0 Å². The molecule has 8 heteroatoms. The van der Waals surface area contributed by atoms with Crippen LogP contribution < -0.4 is 34.6 Å². The van der Waals surface area contributed by atoms with Crippen molar-refractivity contribution in [2.45, 2.75) is 76.3 Å². The Morgan fingerprint density at radius 1 is 1.00 bits per heavy atom. The van der Waals surface area contributed by atoms with Crippen LogP contribution in [0.15, 0.2) is 42.5 Å². The number of carbonyl (C=O) groups excluding carboxylic acids is 3. The summed E-state index contributed by atoms with van der Waals surface area (Å²) in [5, 5.41) is 17.8. The van der Waals surface area contributed by atoms with Crippen LogP contribution in [0.25, 0.3) is 11.1 Å². The summed E-state index contributed by atoms with van der Waals surface area (Å²) in [5.41, 5.74) is 4.07. The Kier molecular flexibility index (Phi) is 10.1. The first-order valence-corrected chi connectivity index (χ1v) is 15.7. The van der Waals surface area contributed by atoms with Gasteiger partial charge in [0.1, 0.15) is 0 Å². The second-order valence-electron chi connectivity index (χ2n) is 12.1. The SMILES string of the molecule is CSCCC(NC(=O)c1ccc(CCC(=O)NC23CC4CC(CC(C4)C2)C3)cc1-c1ccccc1C)C(=O)[O-].[Li+]. The van der Waals surface area contributed by atoms with Gasteiger partial charge in [-0.15, -0.1) is 0 Å². The molecule has 4 bridgehead atoms. The van der Waals surface area contributed by atoms with Gasteiger partial charge in [-0.25, -0.2) is 0 Å². The van der Waals surface area contributed by atoms with Crippen molar-refractivity contribution in [2.75, 3.05) is 12.0 Å². The van der Waals surface area contributed by atoms with Crippen molar-refractivity contribution >= 4 is 29.5 Å². The third kappa shape index (κ3) is 6.98. The molecule has 4 saturated carbocycles. The Balaban J connectivity index is 0.00000370. The van der Waals surface area contributed by atoms with E-state index >= 15 is 0 Å². The summed E-state index contributed by atoms with van der Waals surface area (Å²) in [5.74, 6) is 1.35. The fraction of sp³-hybridized carbons (Fsp3) is 0.531. The summed E-state index contributed by atoms with van der Waals surface area (Å²) < 4.78 is 0. The molecule has 0 spiro atoms. The molecule has 1 atom stereocenters. The molecule has 0 radical (unpaired) electrons. The first kappa shape index (κ1) is 30.7. The number of carboxylic acid groups (broad SMARTS) is 1. The fourth-order valence-corrected chi connectivity index (χ4v) is 8.11. The Bertz CT molecular complexity index is 1210. The van der Waals surface area contributed by atoms with Crippen LogP contribution in [0.5, 0.6) is 0 Å². The van der Waals surface area contributed by atoms with Crippen LogP contribution in [-0.4, -0.2) is 41.4 Å². The number of amides is 2. The maximum Gasteiger partial charge on any atom is 1.00 e. The summed E-state index contributed by atoms with van der Waals surface area (Å²) in [6, 6.07) is 12.4. The van der Waals surface area contributed by atoms with Gasteiger partial charge in [-0.2, -0.15) is 11.8 Å². The summed E-state index contributed by atoms with van der Waals surface area (Å²) in [6.07, 6.45) is 10.6. The molecule has 4 aliphatic rings. The zero-order chi connectivity index (χ0) is 27.6. The number of thioether (sulfide) groups is 1. The first-order chi connectivity index (χ1) is 18.7. The molecule has 4 aliphatic carbocycles. The number of rotatable bonds is 11. The average molecular weight is 555 g/mol. The van der Waals surface area contributed by atoms with Crippen LogP contribution in [0.3, 0.4) is 0 Å². The smallest absolute Gasteiger partial charge is 0.548 e. The number of nitrogens with one attached hydrogen (secondary N) is 2. The molecule has 2 amide bonds. The quantitative estimate of drug-likeness (QED) is 0.408. The van der Waals surface area contributed by atoms with Gasteiger partial charge >= 0.3 is 18.9 Å². The Morgan fingerprint density at radius 2 is 1.65 bits per heavy atom. The molecule has 1 unspecified atom stereocenters. The molecule has 0 aliphatic heterocycles. The van der Waals surface area contributed by atoms with Crippen LogP contribution in [0.2, 0.25) is 0 Å². The zero-order valence-corrected chi connectivity index (χ0v) is 24.8. The summed E-state index contributed by atoms with van der Waals surface area (Å²) in [7, 11) is 0. The van der Waals surface area contributed by atoms with Crippen molar-refractivity contribution < 1.29 is 38.4 Å².